The number of carbonyl (C=O) groups excluding carboxylic acids is 2. The summed E-state index contributed by atoms with van der Waals surface area (Å²) >= 11 is 0. The molecule has 0 bridgehead atoms. The average Bonchev–Trinajstić information content (AvgIpc) is 3.21. The fourth-order valence-electron chi connectivity index (χ4n) is 7.30. The highest BCUT2D eigenvalue weighted by molar-refractivity contribution is 5.71. The quantitative estimate of drug-likeness (QED) is 0.404. The molecule has 4 aliphatic rings. The van der Waals surface area contributed by atoms with E-state index in [0.29, 0.717) is 18.6 Å². The van der Waals surface area contributed by atoms with Gasteiger partial charge in [-0.3, -0.25) is 4.90 Å². The van der Waals surface area contributed by atoms with Crippen molar-refractivity contribution in [2.24, 2.45) is 5.92 Å². The summed E-state index contributed by atoms with van der Waals surface area (Å²) in [6.07, 6.45) is 13.3. The van der Waals surface area contributed by atoms with Gasteiger partial charge in [-0.2, -0.15) is 0 Å². The van der Waals surface area contributed by atoms with Crippen LogP contribution in [0.15, 0.2) is 30.3 Å². The van der Waals surface area contributed by atoms with Crippen LogP contribution in [0.4, 0.5) is 9.59 Å². The molecule has 1 saturated carbocycles. The molecule has 3 aliphatic heterocycles. The van der Waals surface area contributed by atoms with Crippen LogP contribution in [0, 0.1) is 5.92 Å². The van der Waals surface area contributed by atoms with Crippen LogP contribution in [0.1, 0.15) is 89.5 Å². The van der Waals surface area contributed by atoms with Gasteiger partial charge in [-0.25, -0.2) is 9.59 Å². The van der Waals surface area contributed by atoms with Gasteiger partial charge in [-0.15, -0.1) is 0 Å². The lowest BCUT2D eigenvalue weighted by Gasteiger charge is -2.46. The van der Waals surface area contributed by atoms with E-state index < -0.39 is 0 Å². The molecular weight excluding hydrogens is 478 g/mol. The number of carbonyl (C=O) groups is 2. The first kappa shape index (κ1) is 27.3. The number of ether oxygens (including phenoxy) is 2. The minimum Gasteiger partial charge on any atom is -0.445 e. The van der Waals surface area contributed by atoms with Gasteiger partial charge < -0.3 is 19.3 Å². The average molecular weight is 526 g/mol. The number of hydrogen-bond donors (Lipinski definition) is 0. The maximum absolute atomic E-state index is 13.2. The van der Waals surface area contributed by atoms with Crippen molar-refractivity contribution in [3.63, 3.8) is 0 Å². The van der Waals surface area contributed by atoms with Crippen molar-refractivity contribution < 1.29 is 19.1 Å². The Morgan fingerprint density at radius 3 is 2.39 bits per heavy atom. The van der Waals surface area contributed by atoms with Crippen molar-refractivity contribution in [2.75, 3.05) is 32.7 Å². The highest BCUT2D eigenvalue weighted by atomic mass is 16.6. The molecule has 0 radical (unpaired) electrons. The summed E-state index contributed by atoms with van der Waals surface area (Å²) in [6.45, 7) is 6.86. The summed E-state index contributed by atoms with van der Waals surface area (Å²) in [6, 6.07) is 10.6. The van der Waals surface area contributed by atoms with Gasteiger partial charge in [0.15, 0.2) is 0 Å². The zero-order valence-corrected chi connectivity index (χ0v) is 23.3. The summed E-state index contributed by atoms with van der Waals surface area (Å²) < 4.78 is 11.8. The molecule has 4 fully saturated rings. The SMILES string of the molecule is CCCCC1N(CC2CCCCC2)C(=O)OC12CCN(C1CCN(C(=O)OCc3ccccc3)CC1)CC2. The number of piperidine rings is 2. The van der Waals surface area contributed by atoms with E-state index in [2.05, 4.69) is 16.7 Å². The number of amides is 2. The van der Waals surface area contributed by atoms with Crippen LogP contribution in [0.5, 0.6) is 0 Å². The standard InChI is InChI=1S/C31H47N3O4/c1-2-3-14-28-31(38-30(36)34(28)23-25-10-6-4-7-11-25)17-21-32(22-18-31)27-15-19-33(20-16-27)29(35)37-24-26-12-8-5-9-13-26/h5,8-9,12-13,25,27-28H,2-4,6-7,10-11,14-24H2,1H3. The van der Waals surface area contributed by atoms with E-state index >= 15 is 0 Å². The Morgan fingerprint density at radius 1 is 1.00 bits per heavy atom. The van der Waals surface area contributed by atoms with Crippen molar-refractivity contribution in [3.05, 3.63) is 35.9 Å². The number of likely N-dealkylation sites (tertiary alicyclic amines) is 2. The molecular formula is C31H47N3O4. The minimum atomic E-state index is -0.320. The number of benzene rings is 1. The molecule has 1 aromatic rings. The monoisotopic (exact) mass is 525 g/mol. The van der Waals surface area contributed by atoms with Gasteiger partial charge in [-0.1, -0.05) is 69.4 Å². The first-order valence-corrected chi connectivity index (χ1v) is 15.3. The zero-order chi connectivity index (χ0) is 26.4. The van der Waals surface area contributed by atoms with Gasteiger partial charge in [0.05, 0.1) is 6.04 Å². The van der Waals surface area contributed by atoms with Gasteiger partial charge in [0.25, 0.3) is 0 Å². The van der Waals surface area contributed by atoms with Gasteiger partial charge in [0.2, 0.25) is 0 Å². The first-order chi connectivity index (χ1) is 18.6. The van der Waals surface area contributed by atoms with E-state index in [4.69, 9.17) is 9.47 Å². The molecule has 38 heavy (non-hydrogen) atoms. The van der Waals surface area contributed by atoms with Gasteiger partial charge in [-0.05, 0) is 43.6 Å². The van der Waals surface area contributed by atoms with E-state index in [9.17, 15) is 9.59 Å². The van der Waals surface area contributed by atoms with E-state index in [1.807, 2.05) is 35.2 Å². The van der Waals surface area contributed by atoms with Crippen molar-refractivity contribution in [1.29, 1.82) is 0 Å². The molecule has 2 amide bonds. The summed E-state index contributed by atoms with van der Waals surface area (Å²) in [4.78, 5) is 32.3. The number of unbranched alkanes of at least 4 members (excludes halogenated alkanes) is 1. The lowest BCUT2D eigenvalue weighted by molar-refractivity contribution is -0.0391. The Balaban J connectivity index is 1.12. The van der Waals surface area contributed by atoms with E-state index in [0.717, 1.165) is 83.2 Å². The maximum Gasteiger partial charge on any atom is 0.410 e. The van der Waals surface area contributed by atoms with Crippen LogP contribution in [-0.2, 0) is 16.1 Å². The molecule has 1 spiro atoms. The maximum atomic E-state index is 13.2. The predicted molar refractivity (Wildman–Crippen MR) is 148 cm³/mol. The van der Waals surface area contributed by atoms with Crippen LogP contribution in [0.3, 0.4) is 0 Å². The molecule has 1 aromatic carbocycles. The predicted octanol–water partition coefficient (Wildman–Crippen LogP) is 6.21. The van der Waals surface area contributed by atoms with Gasteiger partial charge >= 0.3 is 12.2 Å². The Morgan fingerprint density at radius 2 is 1.71 bits per heavy atom. The Bertz CT molecular complexity index is 903. The third-order valence-electron chi connectivity index (χ3n) is 9.61. The number of rotatable bonds is 8. The Kier molecular flexibility index (Phi) is 9.13. The molecule has 3 heterocycles. The molecule has 5 rings (SSSR count). The van der Waals surface area contributed by atoms with Crippen molar-refractivity contribution in [3.8, 4) is 0 Å². The third-order valence-corrected chi connectivity index (χ3v) is 9.61. The number of hydrogen-bond acceptors (Lipinski definition) is 5. The van der Waals surface area contributed by atoms with E-state index in [-0.39, 0.29) is 23.8 Å². The fourth-order valence-corrected chi connectivity index (χ4v) is 7.30. The van der Waals surface area contributed by atoms with E-state index in [1.54, 1.807) is 0 Å². The molecule has 1 aliphatic carbocycles. The fraction of sp³-hybridized carbons (Fsp3) is 0.742. The van der Waals surface area contributed by atoms with Crippen molar-refractivity contribution >= 4 is 12.2 Å². The van der Waals surface area contributed by atoms with Crippen LogP contribution < -0.4 is 0 Å². The second kappa shape index (κ2) is 12.7. The molecule has 0 aromatic heterocycles. The smallest absolute Gasteiger partial charge is 0.410 e. The first-order valence-electron chi connectivity index (χ1n) is 15.3. The topological polar surface area (TPSA) is 62.3 Å². The second-order valence-corrected chi connectivity index (χ2v) is 12.0. The summed E-state index contributed by atoms with van der Waals surface area (Å²) in [5, 5.41) is 0. The summed E-state index contributed by atoms with van der Waals surface area (Å²) in [5.41, 5.74) is 0.694. The largest absolute Gasteiger partial charge is 0.445 e. The number of nitrogens with zero attached hydrogens (tertiary/aromatic N) is 3. The van der Waals surface area contributed by atoms with Crippen molar-refractivity contribution in [1.82, 2.24) is 14.7 Å². The Labute approximate surface area is 228 Å². The summed E-state index contributed by atoms with van der Waals surface area (Å²) in [7, 11) is 0. The molecule has 1 atom stereocenters. The normalized spacial score (nSPS) is 25.1. The molecule has 210 valence electrons. The van der Waals surface area contributed by atoms with Gasteiger partial charge in [0.1, 0.15) is 12.2 Å². The van der Waals surface area contributed by atoms with E-state index in [1.165, 1.54) is 32.1 Å². The molecule has 7 heteroatoms. The lowest BCUT2D eigenvalue weighted by Crippen LogP contribution is -2.56. The van der Waals surface area contributed by atoms with Crippen LogP contribution in [0.25, 0.3) is 0 Å². The lowest BCUT2D eigenvalue weighted by atomic mass is 9.80. The third kappa shape index (κ3) is 6.30. The molecule has 7 nitrogen and oxygen atoms in total. The van der Waals surface area contributed by atoms with Crippen molar-refractivity contribution in [2.45, 2.75) is 108 Å². The second-order valence-electron chi connectivity index (χ2n) is 12.0. The molecule has 3 saturated heterocycles. The van der Waals surface area contributed by atoms with Crippen LogP contribution in [-0.4, -0.2) is 77.3 Å². The van der Waals surface area contributed by atoms with Gasteiger partial charge in [0, 0.05) is 51.6 Å². The minimum absolute atomic E-state index is 0.0625. The highest BCUT2D eigenvalue weighted by Crippen LogP contribution is 2.42. The van der Waals surface area contributed by atoms with Crippen LogP contribution >= 0.6 is 0 Å². The highest BCUT2D eigenvalue weighted by Gasteiger charge is 2.55. The van der Waals surface area contributed by atoms with Crippen LogP contribution in [0.2, 0.25) is 0 Å². The zero-order valence-electron chi connectivity index (χ0n) is 23.3. The summed E-state index contributed by atoms with van der Waals surface area (Å²) in [5.74, 6) is 0.639. The molecule has 1 unspecified atom stereocenters. The molecule has 0 N–H and O–H groups in total. The Hall–Kier alpha value is -2.28.